The van der Waals surface area contributed by atoms with E-state index >= 15 is 0 Å². The average Bonchev–Trinajstić information content (AvgIpc) is 3.17. The Kier molecular flexibility index (Phi) is 6.83. The van der Waals surface area contributed by atoms with Crippen LogP contribution >= 0.6 is 0 Å². The second kappa shape index (κ2) is 10.1. The predicted molar refractivity (Wildman–Crippen MR) is 131 cm³/mol. The van der Waals surface area contributed by atoms with E-state index in [0.29, 0.717) is 18.5 Å². The molecule has 2 amide bonds. The number of nitrogens with one attached hydrogen (secondary N) is 2. The van der Waals surface area contributed by atoms with Gasteiger partial charge in [-0.3, -0.25) is 9.59 Å². The highest BCUT2D eigenvalue weighted by Crippen LogP contribution is 2.17. The van der Waals surface area contributed by atoms with Gasteiger partial charge in [-0.05, 0) is 55.3 Å². The molecule has 168 valence electrons. The first-order valence-electron chi connectivity index (χ1n) is 11.2. The van der Waals surface area contributed by atoms with Crippen LogP contribution < -0.4 is 10.6 Å². The van der Waals surface area contributed by atoms with E-state index < -0.39 is 0 Å². The Labute approximate surface area is 193 Å². The number of fused-ring (bicyclic) bond motifs is 1. The first-order valence-corrected chi connectivity index (χ1v) is 11.2. The quantitative estimate of drug-likeness (QED) is 0.423. The third-order valence-corrected chi connectivity index (χ3v) is 5.63. The van der Waals surface area contributed by atoms with Crippen molar-refractivity contribution in [3.63, 3.8) is 0 Å². The third kappa shape index (κ3) is 5.47. The summed E-state index contributed by atoms with van der Waals surface area (Å²) in [4.78, 5) is 29.9. The van der Waals surface area contributed by atoms with Crippen LogP contribution in [0.25, 0.3) is 11.0 Å². The molecule has 0 fully saturated rings. The normalized spacial score (nSPS) is 10.8. The highest BCUT2D eigenvalue weighted by Gasteiger charge is 2.14. The molecule has 2 N–H and O–H groups in total. The molecule has 1 aromatic heterocycles. The molecular formula is C27H28N4O2. The largest absolute Gasteiger partial charge is 0.352 e. The van der Waals surface area contributed by atoms with Crippen LogP contribution in [0.1, 0.15) is 34.2 Å². The van der Waals surface area contributed by atoms with Crippen molar-refractivity contribution in [2.45, 2.75) is 33.2 Å². The summed E-state index contributed by atoms with van der Waals surface area (Å²) in [5.41, 5.74) is 5.46. The Bertz CT molecular complexity index is 1260. The molecule has 3 aromatic carbocycles. The van der Waals surface area contributed by atoms with Crippen molar-refractivity contribution in [3.05, 3.63) is 95.3 Å². The lowest BCUT2D eigenvalue weighted by Crippen LogP contribution is -2.27. The van der Waals surface area contributed by atoms with Gasteiger partial charge in [0.05, 0.1) is 11.0 Å². The highest BCUT2D eigenvalue weighted by molar-refractivity contribution is 5.94. The first-order chi connectivity index (χ1) is 16.0. The minimum absolute atomic E-state index is 0.118. The molecule has 0 aliphatic rings. The molecule has 0 bridgehead atoms. The maximum atomic E-state index is 12.8. The van der Waals surface area contributed by atoms with Gasteiger partial charge in [0.15, 0.2) is 0 Å². The van der Waals surface area contributed by atoms with Crippen molar-refractivity contribution in [3.8, 4) is 0 Å². The Morgan fingerprint density at radius 3 is 2.39 bits per heavy atom. The average molecular weight is 441 g/mol. The van der Waals surface area contributed by atoms with Gasteiger partial charge < -0.3 is 15.2 Å². The van der Waals surface area contributed by atoms with Gasteiger partial charge in [0.1, 0.15) is 12.4 Å². The second-order valence-corrected chi connectivity index (χ2v) is 8.07. The van der Waals surface area contributed by atoms with Crippen LogP contribution in [0.4, 0.5) is 5.69 Å². The number of carbonyl (C=O) groups is 2. The van der Waals surface area contributed by atoms with Crippen LogP contribution in [0.5, 0.6) is 0 Å². The fourth-order valence-corrected chi connectivity index (χ4v) is 3.76. The van der Waals surface area contributed by atoms with Crippen LogP contribution in [-0.2, 0) is 24.2 Å². The number of para-hydroxylation sites is 2. The van der Waals surface area contributed by atoms with Gasteiger partial charge in [0.25, 0.3) is 5.91 Å². The van der Waals surface area contributed by atoms with E-state index in [4.69, 9.17) is 4.98 Å². The molecule has 6 heteroatoms. The number of carbonyl (C=O) groups excluding carboxylic acids is 2. The summed E-state index contributed by atoms with van der Waals surface area (Å²) in [6.45, 7) is 4.67. The van der Waals surface area contributed by atoms with Gasteiger partial charge in [-0.2, -0.15) is 0 Å². The van der Waals surface area contributed by atoms with Crippen LogP contribution in [-0.4, -0.2) is 27.9 Å². The number of aromatic nitrogens is 2. The van der Waals surface area contributed by atoms with Crippen molar-refractivity contribution in [2.75, 3.05) is 11.9 Å². The molecule has 0 atom stereocenters. The van der Waals surface area contributed by atoms with Crippen molar-refractivity contribution in [1.29, 1.82) is 0 Å². The molecule has 0 saturated carbocycles. The number of aryl methyl sites for hydroxylation is 2. The number of amides is 2. The van der Waals surface area contributed by atoms with E-state index in [2.05, 4.69) is 17.6 Å². The number of hydrogen-bond acceptors (Lipinski definition) is 3. The zero-order valence-corrected chi connectivity index (χ0v) is 19.0. The molecule has 0 aliphatic heterocycles. The number of imidazole rings is 1. The molecule has 33 heavy (non-hydrogen) atoms. The van der Waals surface area contributed by atoms with E-state index in [9.17, 15) is 9.59 Å². The molecule has 6 nitrogen and oxygen atoms in total. The minimum atomic E-state index is -0.120. The van der Waals surface area contributed by atoms with Crippen molar-refractivity contribution in [2.24, 2.45) is 0 Å². The molecule has 0 radical (unpaired) electrons. The Balaban J connectivity index is 1.45. The second-order valence-electron chi connectivity index (χ2n) is 8.07. The Morgan fingerprint density at radius 1 is 0.939 bits per heavy atom. The summed E-state index contributed by atoms with van der Waals surface area (Å²) in [6.07, 6.45) is 1.48. The molecule has 4 rings (SSSR count). The molecule has 4 aromatic rings. The summed E-state index contributed by atoms with van der Waals surface area (Å²) < 4.78 is 1.92. The SMILES string of the molecule is CCc1ccc(NC(=O)Cn2c(CCNC(=O)c3ccc(C)cc3)nc3ccccc32)cc1. The standard InChI is InChI=1S/C27H28N4O2/c1-3-20-10-14-22(15-11-20)29-26(32)18-31-24-7-5-4-6-23(24)30-25(31)16-17-28-27(33)21-12-8-19(2)9-13-21/h4-15H,3,16-18H2,1-2H3,(H,28,33)(H,29,32). The van der Waals surface area contributed by atoms with E-state index in [1.54, 1.807) is 0 Å². The molecule has 0 saturated heterocycles. The number of anilines is 1. The van der Waals surface area contributed by atoms with E-state index in [1.165, 1.54) is 5.56 Å². The monoisotopic (exact) mass is 440 g/mol. The number of nitrogens with zero attached hydrogens (tertiary/aromatic N) is 2. The third-order valence-electron chi connectivity index (χ3n) is 5.63. The molecular weight excluding hydrogens is 412 g/mol. The predicted octanol–water partition coefficient (Wildman–Crippen LogP) is 4.52. The van der Waals surface area contributed by atoms with Gasteiger partial charge in [-0.1, -0.05) is 48.9 Å². The van der Waals surface area contributed by atoms with Gasteiger partial charge >= 0.3 is 0 Å². The topological polar surface area (TPSA) is 76.0 Å². The fraction of sp³-hybridized carbons (Fsp3) is 0.222. The summed E-state index contributed by atoms with van der Waals surface area (Å²) in [7, 11) is 0. The molecule has 0 unspecified atom stereocenters. The summed E-state index contributed by atoms with van der Waals surface area (Å²) in [5, 5.41) is 5.92. The highest BCUT2D eigenvalue weighted by atomic mass is 16.2. The van der Waals surface area contributed by atoms with Gasteiger partial charge in [0.2, 0.25) is 5.91 Å². The lowest BCUT2D eigenvalue weighted by molar-refractivity contribution is -0.116. The number of benzene rings is 3. The van der Waals surface area contributed by atoms with Gasteiger partial charge in [0, 0.05) is 24.2 Å². The summed E-state index contributed by atoms with van der Waals surface area (Å²) in [5.74, 6) is 0.523. The van der Waals surface area contributed by atoms with Crippen molar-refractivity contribution < 1.29 is 9.59 Å². The van der Waals surface area contributed by atoms with E-state index in [0.717, 1.165) is 34.5 Å². The van der Waals surface area contributed by atoms with Crippen LogP contribution in [0, 0.1) is 6.92 Å². The summed E-state index contributed by atoms with van der Waals surface area (Å²) in [6, 6.07) is 23.1. The zero-order valence-electron chi connectivity index (χ0n) is 19.0. The lowest BCUT2D eigenvalue weighted by Gasteiger charge is -2.11. The van der Waals surface area contributed by atoms with E-state index in [1.807, 2.05) is 84.3 Å². The molecule has 0 spiro atoms. The lowest BCUT2D eigenvalue weighted by atomic mass is 10.1. The van der Waals surface area contributed by atoms with E-state index in [-0.39, 0.29) is 18.4 Å². The minimum Gasteiger partial charge on any atom is -0.352 e. The first kappa shape index (κ1) is 22.3. The smallest absolute Gasteiger partial charge is 0.251 e. The maximum absolute atomic E-state index is 12.8. The molecule has 0 aliphatic carbocycles. The Morgan fingerprint density at radius 2 is 1.67 bits per heavy atom. The molecule has 1 heterocycles. The van der Waals surface area contributed by atoms with Gasteiger partial charge in [-0.15, -0.1) is 0 Å². The fourth-order valence-electron chi connectivity index (χ4n) is 3.76. The van der Waals surface area contributed by atoms with Gasteiger partial charge in [-0.25, -0.2) is 4.98 Å². The van der Waals surface area contributed by atoms with Crippen LogP contribution in [0.2, 0.25) is 0 Å². The van der Waals surface area contributed by atoms with Crippen molar-refractivity contribution >= 4 is 28.5 Å². The number of hydrogen-bond donors (Lipinski definition) is 2. The van der Waals surface area contributed by atoms with Crippen molar-refractivity contribution in [1.82, 2.24) is 14.9 Å². The zero-order chi connectivity index (χ0) is 23.2. The summed E-state index contributed by atoms with van der Waals surface area (Å²) >= 11 is 0. The number of rotatable bonds is 8. The van der Waals surface area contributed by atoms with Crippen LogP contribution in [0.3, 0.4) is 0 Å². The van der Waals surface area contributed by atoms with Crippen LogP contribution in [0.15, 0.2) is 72.8 Å². The maximum Gasteiger partial charge on any atom is 0.251 e. The Hall–Kier alpha value is -3.93.